The number of hydrogen-bond acceptors (Lipinski definition) is 6. The van der Waals surface area contributed by atoms with Crippen LogP contribution in [0.4, 0.5) is 0 Å². The highest BCUT2D eigenvalue weighted by molar-refractivity contribution is 6.60. The van der Waals surface area contributed by atoms with Crippen molar-refractivity contribution >= 4 is 20.7 Å². The van der Waals surface area contributed by atoms with E-state index in [-0.39, 0.29) is 11.1 Å². The van der Waals surface area contributed by atoms with Crippen molar-refractivity contribution in [2.45, 2.75) is 85.6 Å². The lowest BCUT2D eigenvalue weighted by Gasteiger charge is -2.28. The van der Waals surface area contributed by atoms with Gasteiger partial charge in [-0.25, -0.2) is 9.59 Å². The summed E-state index contributed by atoms with van der Waals surface area (Å²) >= 11 is 0. The fraction of sp³-hybridized carbons (Fsp3) is 0.810. The van der Waals surface area contributed by atoms with Crippen LogP contribution in [0.1, 0.15) is 79.6 Å². The molecule has 9 heteroatoms. The molecule has 0 heterocycles. The van der Waals surface area contributed by atoms with Gasteiger partial charge >= 0.3 is 20.7 Å². The molecule has 0 aliphatic rings. The van der Waals surface area contributed by atoms with Crippen molar-refractivity contribution in [2.24, 2.45) is 5.73 Å². The first-order valence-electron chi connectivity index (χ1n) is 11.1. The zero-order valence-electron chi connectivity index (χ0n) is 19.5. The molecule has 0 atom stereocenters. The third-order valence-corrected chi connectivity index (χ3v) is 7.37. The van der Waals surface area contributed by atoms with Gasteiger partial charge in [0.05, 0.1) is 0 Å². The van der Waals surface area contributed by atoms with Crippen molar-refractivity contribution < 1.29 is 33.1 Å². The minimum atomic E-state index is -2.40. The number of carboxylic acids is 2. The van der Waals surface area contributed by atoms with E-state index in [4.69, 9.17) is 29.2 Å². The van der Waals surface area contributed by atoms with Crippen LogP contribution >= 0.6 is 0 Å². The van der Waals surface area contributed by atoms with E-state index in [2.05, 4.69) is 0 Å². The van der Waals surface area contributed by atoms with Crippen LogP contribution in [-0.2, 0) is 22.9 Å². The normalized spacial score (nSPS) is 12.1. The van der Waals surface area contributed by atoms with E-state index in [1.807, 2.05) is 34.6 Å². The van der Waals surface area contributed by atoms with Crippen molar-refractivity contribution in [1.29, 1.82) is 0 Å². The average Bonchev–Trinajstić information content (AvgIpc) is 2.69. The Morgan fingerprint density at radius 1 is 0.733 bits per heavy atom. The van der Waals surface area contributed by atoms with E-state index in [9.17, 15) is 9.59 Å². The molecule has 0 aromatic rings. The number of carbonyl (C=O) groups is 2. The molecule has 0 spiro atoms. The lowest BCUT2D eigenvalue weighted by Crippen LogP contribution is -2.46. The van der Waals surface area contributed by atoms with Crippen LogP contribution in [0.15, 0.2) is 11.1 Å². The lowest BCUT2D eigenvalue weighted by atomic mass is 9.98. The Kier molecular flexibility index (Phi) is 20.3. The molecular formula is C21H43NO7Si. The van der Waals surface area contributed by atoms with Crippen molar-refractivity contribution in [2.75, 3.05) is 26.4 Å². The largest absolute Gasteiger partial charge is 0.500 e. The molecule has 0 aromatic heterocycles. The van der Waals surface area contributed by atoms with Crippen molar-refractivity contribution in [1.82, 2.24) is 0 Å². The molecule has 0 saturated heterocycles. The smallest absolute Gasteiger partial charge is 0.478 e. The van der Waals surface area contributed by atoms with Crippen molar-refractivity contribution in [3.63, 3.8) is 0 Å². The van der Waals surface area contributed by atoms with Gasteiger partial charge in [-0.15, -0.1) is 0 Å². The standard InChI is InChI=1S/C12H20O4.C9H23NO3Si/c1-3-5-7-9(11(13)14)10(12(15)16)8-6-4-2;1-4-11-14(12-5-2,13-6-3)9-7-8-10/h3-8H2,1-2H3,(H,13,14)(H,15,16);4-10H2,1-3H3/b10-9-;. The van der Waals surface area contributed by atoms with E-state index >= 15 is 0 Å². The van der Waals surface area contributed by atoms with Gasteiger partial charge in [-0.3, -0.25) is 0 Å². The molecule has 0 radical (unpaired) electrons. The van der Waals surface area contributed by atoms with E-state index in [0.29, 0.717) is 52.0 Å². The minimum Gasteiger partial charge on any atom is -0.478 e. The topological polar surface area (TPSA) is 128 Å². The first-order chi connectivity index (χ1) is 14.3. The number of rotatable bonds is 17. The monoisotopic (exact) mass is 449 g/mol. The molecular weight excluding hydrogens is 406 g/mol. The summed E-state index contributed by atoms with van der Waals surface area (Å²) in [7, 11) is -2.40. The van der Waals surface area contributed by atoms with Gasteiger partial charge in [0.2, 0.25) is 0 Å². The Morgan fingerprint density at radius 3 is 1.33 bits per heavy atom. The minimum absolute atomic E-state index is 0.0720. The van der Waals surface area contributed by atoms with Gasteiger partial charge in [0.25, 0.3) is 0 Å². The quantitative estimate of drug-likeness (QED) is 0.222. The number of aliphatic carboxylic acids is 2. The molecule has 0 unspecified atom stereocenters. The lowest BCUT2D eigenvalue weighted by molar-refractivity contribution is -0.136. The fourth-order valence-electron chi connectivity index (χ4n) is 2.80. The van der Waals surface area contributed by atoms with Crippen LogP contribution in [0.3, 0.4) is 0 Å². The molecule has 0 fully saturated rings. The van der Waals surface area contributed by atoms with Crippen LogP contribution in [-0.4, -0.2) is 57.3 Å². The SMILES string of the molecule is CCCC/C(C(=O)O)=C(\CCCC)C(=O)O.CCO[Si](CCCN)(OCC)OCC. The van der Waals surface area contributed by atoms with Crippen LogP contribution in [0.2, 0.25) is 6.04 Å². The molecule has 0 rings (SSSR count). The summed E-state index contributed by atoms with van der Waals surface area (Å²) in [5.41, 5.74) is 5.62. The Morgan fingerprint density at radius 2 is 1.10 bits per heavy atom. The first-order valence-corrected chi connectivity index (χ1v) is 13.0. The van der Waals surface area contributed by atoms with Crippen LogP contribution in [0, 0.1) is 0 Å². The highest BCUT2D eigenvalue weighted by Gasteiger charge is 2.39. The Labute approximate surface area is 183 Å². The van der Waals surface area contributed by atoms with Gasteiger partial charge in [0.15, 0.2) is 0 Å². The maximum Gasteiger partial charge on any atom is 0.500 e. The second-order valence-electron chi connectivity index (χ2n) is 6.65. The Hall–Kier alpha value is -1.26. The second kappa shape index (κ2) is 19.7. The molecule has 8 nitrogen and oxygen atoms in total. The summed E-state index contributed by atoms with van der Waals surface area (Å²) in [4.78, 5) is 22.0. The summed E-state index contributed by atoms with van der Waals surface area (Å²) in [5, 5.41) is 18.0. The maximum absolute atomic E-state index is 11.0. The van der Waals surface area contributed by atoms with Crippen molar-refractivity contribution in [3.05, 3.63) is 11.1 Å². The molecule has 0 saturated carbocycles. The molecule has 0 aliphatic heterocycles. The van der Waals surface area contributed by atoms with Gasteiger partial charge in [0.1, 0.15) is 0 Å². The van der Waals surface area contributed by atoms with Crippen LogP contribution in [0.25, 0.3) is 0 Å². The fourth-order valence-corrected chi connectivity index (χ4v) is 5.44. The third kappa shape index (κ3) is 13.9. The molecule has 0 bridgehead atoms. The van der Waals surface area contributed by atoms with Crippen LogP contribution < -0.4 is 5.73 Å². The Balaban J connectivity index is 0. The number of nitrogens with two attached hydrogens (primary N) is 1. The summed E-state index contributed by atoms with van der Waals surface area (Å²) in [6.07, 6.45) is 4.73. The summed E-state index contributed by atoms with van der Waals surface area (Å²) < 4.78 is 17.0. The van der Waals surface area contributed by atoms with Gasteiger partial charge in [-0.05, 0) is 59.4 Å². The zero-order valence-corrected chi connectivity index (χ0v) is 20.5. The molecule has 0 amide bonds. The number of carboxylic acid groups (broad SMARTS) is 2. The summed E-state index contributed by atoms with van der Waals surface area (Å²) in [6, 6.07) is 0.818. The summed E-state index contributed by atoms with van der Waals surface area (Å²) in [5.74, 6) is -2.19. The van der Waals surface area contributed by atoms with Gasteiger partial charge in [-0.1, -0.05) is 26.7 Å². The average molecular weight is 450 g/mol. The third-order valence-electron chi connectivity index (χ3n) is 4.22. The highest BCUT2D eigenvalue weighted by atomic mass is 28.4. The first kappa shape index (κ1) is 30.9. The highest BCUT2D eigenvalue weighted by Crippen LogP contribution is 2.19. The molecule has 0 aromatic carbocycles. The van der Waals surface area contributed by atoms with Gasteiger partial charge in [0, 0.05) is 37.0 Å². The molecule has 178 valence electrons. The Bertz CT molecular complexity index is 453. The number of hydrogen-bond donors (Lipinski definition) is 3. The molecule has 30 heavy (non-hydrogen) atoms. The van der Waals surface area contributed by atoms with Gasteiger partial charge in [-0.2, -0.15) is 0 Å². The van der Waals surface area contributed by atoms with Crippen molar-refractivity contribution in [3.8, 4) is 0 Å². The molecule has 4 N–H and O–H groups in total. The van der Waals surface area contributed by atoms with E-state index < -0.39 is 20.7 Å². The predicted molar refractivity (Wildman–Crippen MR) is 120 cm³/mol. The summed E-state index contributed by atoms with van der Waals surface area (Å²) in [6.45, 7) is 12.3. The number of unbranched alkanes of at least 4 members (excludes halogenated alkanes) is 2. The maximum atomic E-state index is 11.0. The van der Waals surface area contributed by atoms with Gasteiger partial charge < -0.3 is 29.2 Å². The zero-order chi connectivity index (χ0) is 23.4. The second-order valence-corrected chi connectivity index (χ2v) is 9.38. The molecule has 0 aliphatic carbocycles. The van der Waals surface area contributed by atoms with E-state index in [1.165, 1.54) is 0 Å². The van der Waals surface area contributed by atoms with E-state index in [1.54, 1.807) is 0 Å². The predicted octanol–water partition coefficient (Wildman–Crippen LogP) is 4.22. The van der Waals surface area contributed by atoms with E-state index in [0.717, 1.165) is 25.3 Å². The van der Waals surface area contributed by atoms with Crippen LogP contribution in [0.5, 0.6) is 0 Å².